The first-order valence-corrected chi connectivity index (χ1v) is 12.3. The summed E-state index contributed by atoms with van der Waals surface area (Å²) >= 11 is 1.25. The first-order valence-electron chi connectivity index (χ1n) is 9.87. The number of aromatic nitrogens is 2. The second-order valence-electron chi connectivity index (χ2n) is 7.11. The summed E-state index contributed by atoms with van der Waals surface area (Å²) in [5.74, 6) is 0.828. The fourth-order valence-corrected chi connectivity index (χ4v) is 5.73. The molecule has 7 nitrogen and oxygen atoms in total. The molecule has 4 rings (SSSR count). The van der Waals surface area contributed by atoms with Gasteiger partial charge in [-0.3, -0.25) is 0 Å². The van der Waals surface area contributed by atoms with E-state index in [0.29, 0.717) is 40.9 Å². The van der Waals surface area contributed by atoms with Gasteiger partial charge in [0.05, 0.1) is 12.0 Å². The van der Waals surface area contributed by atoms with Crippen molar-refractivity contribution in [2.75, 3.05) is 20.2 Å². The predicted molar refractivity (Wildman–Crippen MR) is 115 cm³/mol. The fraction of sp³-hybridized carbons (Fsp3) is 0.333. The van der Waals surface area contributed by atoms with Gasteiger partial charge < -0.3 is 9.15 Å². The first-order chi connectivity index (χ1) is 15.0. The molecule has 0 bridgehead atoms. The van der Waals surface area contributed by atoms with Crippen molar-refractivity contribution in [1.29, 1.82) is 0 Å². The van der Waals surface area contributed by atoms with E-state index in [1.165, 1.54) is 35.3 Å². The average Bonchev–Trinajstić information content (AvgIpc) is 3.28. The minimum absolute atomic E-state index is 0.212. The molecule has 1 aromatic heterocycles. The SMILES string of the molecule is COc1ccc(F)cc1CSc1nnc(-c2cccc(S(=O)(=O)N3CCCCC3)c2)o1. The third-order valence-electron chi connectivity index (χ3n) is 5.03. The molecular formula is C21H22FN3O4S2. The van der Waals surface area contributed by atoms with Crippen molar-refractivity contribution in [2.45, 2.75) is 35.1 Å². The van der Waals surface area contributed by atoms with Crippen LogP contribution in [0.4, 0.5) is 4.39 Å². The maximum atomic E-state index is 13.5. The van der Waals surface area contributed by atoms with Gasteiger partial charge in [-0.2, -0.15) is 4.31 Å². The van der Waals surface area contributed by atoms with Crippen molar-refractivity contribution in [3.05, 3.63) is 53.8 Å². The largest absolute Gasteiger partial charge is 0.496 e. The standard InChI is InChI=1S/C21H22FN3O4S2/c1-28-19-9-8-17(22)12-16(19)14-30-21-24-23-20(29-21)15-6-5-7-18(13-15)31(26,27)25-10-3-2-4-11-25/h5-9,12-13H,2-4,10-11,14H2,1H3. The van der Waals surface area contributed by atoms with E-state index in [2.05, 4.69) is 10.2 Å². The monoisotopic (exact) mass is 463 g/mol. The summed E-state index contributed by atoms with van der Waals surface area (Å²) in [6.45, 7) is 1.08. The number of hydrogen-bond acceptors (Lipinski definition) is 7. The van der Waals surface area contributed by atoms with E-state index < -0.39 is 10.0 Å². The number of piperidine rings is 1. The molecule has 0 spiro atoms. The van der Waals surface area contributed by atoms with Crippen molar-refractivity contribution < 1.29 is 22.0 Å². The maximum Gasteiger partial charge on any atom is 0.277 e. The molecule has 0 N–H and O–H groups in total. The Balaban J connectivity index is 1.51. The number of nitrogens with zero attached hydrogens (tertiary/aromatic N) is 3. The summed E-state index contributed by atoms with van der Waals surface area (Å²) in [4.78, 5) is 0.212. The zero-order chi connectivity index (χ0) is 21.8. The number of benzene rings is 2. The zero-order valence-electron chi connectivity index (χ0n) is 17.0. The molecule has 1 fully saturated rings. The van der Waals surface area contributed by atoms with Gasteiger partial charge in [-0.25, -0.2) is 12.8 Å². The molecular weight excluding hydrogens is 441 g/mol. The second-order valence-corrected chi connectivity index (χ2v) is 9.98. The molecule has 0 amide bonds. The van der Waals surface area contributed by atoms with Crippen LogP contribution in [-0.4, -0.2) is 43.1 Å². The molecule has 3 aromatic rings. The second kappa shape index (κ2) is 9.37. The molecule has 0 radical (unpaired) electrons. The number of thioether (sulfide) groups is 1. The Morgan fingerprint density at radius 1 is 1.13 bits per heavy atom. The van der Waals surface area contributed by atoms with Crippen molar-refractivity contribution in [2.24, 2.45) is 0 Å². The lowest BCUT2D eigenvalue weighted by Crippen LogP contribution is -2.35. The van der Waals surface area contributed by atoms with Gasteiger partial charge in [0.25, 0.3) is 5.22 Å². The predicted octanol–water partition coefficient (Wildman–Crippen LogP) is 4.35. The Bertz CT molecular complexity index is 1160. The summed E-state index contributed by atoms with van der Waals surface area (Å²) < 4.78 is 51.9. The van der Waals surface area contributed by atoms with E-state index in [1.807, 2.05) is 0 Å². The summed E-state index contributed by atoms with van der Waals surface area (Å²) in [6.07, 6.45) is 2.80. The lowest BCUT2D eigenvalue weighted by Gasteiger charge is -2.25. The molecule has 10 heteroatoms. The smallest absolute Gasteiger partial charge is 0.277 e. The molecule has 164 valence electrons. The summed E-state index contributed by atoms with van der Waals surface area (Å²) in [7, 11) is -2.03. The van der Waals surface area contributed by atoms with E-state index in [-0.39, 0.29) is 16.6 Å². The van der Waals surface area contributed by atoms with E-state index in [9.17, 15) is 12.8 Å². The zero-order valence-corrected chi connectivity index (χ0v) is 18.6. The first kappa shape index (κ1) is 21.8. The molecule has 1 saturated heterocycles. The number of sulfonamides is 1. The van der Waals surface area contributed by atoms with Gasteiger partial charge in [0.2, 0.25) is 15.9 Å². The van der Waals surface area contributed by atoms with Gasteiger partial charge in [0.15, 0.2) is 0 Å². The van der Waals surface area contributed by atoms with E-state index >= 15 is 0 Å². The number of methoxy groups -OCH3 is 1. The van der Waals surface area contributed by atoms with Gasteiger partial charge >= 0.3 is 0 Å². The Morgan fingerprint density at radius 2 is 1.94 bits per heavy atom. The van der Waals surface area contributed by atoms with Crippen LogP contribution in [0.1, 0.15) is 24.8 Å². The third-order valence-corrected chi connectivity index (χ3v) is 7.80. The van der Waals surface area contributed by atoms with Crippen molar-refractivity contribution >= 4 is 21.8 Å². The van der Waals surface area contributed by atoms with Crippen LogP contribution in [0, 0.1) is 5.82 Å². The number of ether oxygens (including phenoxy) is 1. The van der Waals surface area contributed by atoms with Crippen LogP contribution in [0.15, 0.2) is 57.0 Å². The van der Waals surface area contributed by atoms with Crippen LogP contribution in [-0.2, 0) is 15.8 Å². The highest BCUT2D eigenvalue weighted by atomic mass is 32.2. The van der Waals surface area contributed by atoms with Crippen LogP contribution in [0.5, 0.6) is 5.75 Å². The molecule has 1 aliphatic rings. The van der Waals surface area contributed by atoms with E-state index in [1.54, 1.807) is 30.3 Å². The van der Waals surface area contributed by atoms with E-state index in [4.69, 9.17) is 9.15 Å². The molecule has 0 aliphatic carbocycles. The highest BCUT2D eigenvalue weighted by Crippen LogP contribution is 2.31. The molecule has 0 unspecified atom stereocenters. The number of hydrogen-bond donors (Lipinski definition) is 0. The molecule has 31 heavy (non-hydrogen) atoms. The fourth-order valence-electron chi connectivity index (χ4n) is 3.43. The van der Waals surface area contributed by atoms with Crippen LogP contribution in [0.3, 0.4) is 0 Å². The summed E-state index contributed by atoms with van der Waals surface area (Å²) in [5, 5.41) is 8.36. The highest BCUT2D eigenvalue weighted by molar-refractivity contribution is 7.98. The van der Waals surface area contributed by atoms with Crippen LogP contribution in [0.25, 0.3) is 11.5 Å². The molecule has 2 aromatic carbocycles. The van der Waals surface area contributed by atoms with Crippen molar-refractivity contribution in [1.82, 2.24) is 14.5 Å². The van der Waals surface area contributed by atoms with E-state index in [0.717, 1.165) is 19.3 Å². The number of rotatable bonds is 7. The molecule has 2 heterocycles. The van der Waals surface area contributed by atoms with Gasteiger partial charge in [-0.05, 0) is 49.2 Å². The Morgan fingerprint density at radius 3 is 2.71 bits per heavy atom. The maximum absolute atomic E-state index is 13.5. The van der Waals surface area contributed by atoms with Gasteiger partial charge in [-0.1, -0.05) is 24.2 Å². The number of halogens is 1. The summed E-state index contributed by atoms with van der Waals surface area (Å²) in [5.41, 5.74) is 1.20. The quantitative estimate of drug-likeness (QED) is 0.482. The van der Waals surface area contributed by atoms with Crippen molar-refractivity contribution in [3.8, 4) is 17.2 Å². The Labute approximate surface area is 184 Å². The molecule has 1 aliphatic heterocycles. The van der Waals surface area contributed by atoms with Gasteiger partial charge in [0.1, 0.15) is 11.6 Å². The topological polar surface area (TPSA) is 85.5 Å². The third kappa shape index (κ3) is 4.91. The lowest BCUT2D eigenvalue weighted by atomic mass is 10.2. The highest BCUT2D eigenvalue weighted by Gasteiger charge is 2.26. The Kier molecular flexibility index (Phi) is 6.59. The Hall–Kier alpha value is -2.43. The molecule has 0 atom stereocenters. The van der Waals surface area contributed by atoms with Crippen molar-refractivity contribution in [3.63, 3.8) is 0 Å². The minimum Gasteiger partial charge on any atom is -0.496 e. The average molecular weight is 464 g/mol. The van der Waals surface area contributed by atoms with Crippen LogP contribution < -0.4 is 4.74 Å². The minimum atomic E-state index is -3.55. The molecule has 0 saturated carbocycles. The van der Waals surface area contributed by atoms with Gasteiger partial charge in [0, 0.05) is 30.0 Å². The normalized spacial score (nSPS) is 15.2. The van der Waals surface area contributed by atoms with Gasteiger partial charge in [-0.15, -0.1) is 10.2 Å². The lowest BCUT2D eigenvalue weighted by molar-refractivity contribution is 0.346. The summed E-state index contributed by atoms with van der Waals surface area (Å²) in [6, 6.07) is 10.8. The van der Waals surface area contributed by atoms with Crippen LogP contribution in [0.2, 0.25) is 0 Å². The van der Waals surface area contributed by atoms with Crippen LogP contribution >= 0.6 is 11.8 Å².